The highest BCUT2D eigenvalue weighted by molar-refractivity contribution is 4.86. The Morgan fingerprint density at radius 3 is 2.07 bits per heavy atom. The van der Waals surface area contributed by atoms with E-state index in [1.54, 1.807) is 0 Å². The van der Waals surface area contributed by atoms with Crippen LogP contribution in [0.1, 0.15) is 53.4 Å². The van der Waals surface area contributed by atoms with Crippen LogP contribution in [0.15, 0.2) is 0 Å². The minimum Gasteiger partial charge on any atom is -0.303 e. The SMILES string of the molecule is CCCCN(C)C1C(C)CC(C)CC1C. The van der Waals surface area contributed by atoms with Crippen LogP contribution < -0.4 is 0 Å². The molecule has 0 aliphatic heterocycles. The summed E-state index contributed by atoms with van der Waals surface area (Å²) in [5, 5.41) is 0. The highest BCUT2D eigenvalue weighted by Crippen LogP contribution is 2.35. The molecule has 2 atom stereocenters. The van der Waals surface area contributed by atoms with E-state index in [1.165, 1.54) is 32.2 Å². The van der Waals surface area contributed by atoms with Crippen LogP contribution in [0.5, 0.6) is 0 Å². The monoisotopic (exact) mass is 211 g/mol. The van der Waals surface area contributed by atoms with E-state index >= 15 is 0 Å². The molecule has 1 fully saturated rings. The van der Waals surface area contributed by atoms with Crippen molar-refractivity contribution in [2.24, 2.45) is 17.8 Å². The normalized spacial score (nSPS) is 37.2. The lowest BCUT2D eigenvalue weighted by Crippen LogP contribution is -2.45. The highest BCUT2D eigenvalue weighted by atomic mass is 15.1. The third-order valence-electron chi connectivity index (χ3n) is 4.09. The number of hydrogen-bond donors (Lipinski definition) is 0. The first kappa shape index (κ1) is 13.0. The van der Waals surface area contributed by atoms with Crippen molar-refractivity contribution in [1.29, 1.82) is 0 Å². The van der Waals surface area contributed by atoms with Gasteiger partial charge in [-0.15, -0.1) is 0 Å². The second kappa shape index (κ2) is 5.89. The average Bonchev–Trinajstić information content (AvgIpc) is 2.12. The van der Waals surface area contributed by atoms with E-state index in [-0.39, 0.29) is 0 Å². The van der Waals surface area contributed by atoms with Crippen LogP contribution in [0, 0.1) is 17.8 Å². The van der Waals surface area contributed by atoms with Crippen LogP contribution >= 0.6 is 0 Å². The number of hydrogen-bond acceptors (Lipinski definition) is 1. The van der Waals surface area contributed by atoms with Gasteiger partial charge in [-0.1, -0.05) is 34.1 Å². The zero-order valence-electron chi connectivity index (χ0n) is 11.3. The molecule has 0 amide bonds. The Balaban J connectivity index is 2.50. The van der Waals surface area contributed by atoms with Crippen molar-refractivity contribution >= 4 is 0 Å². The van der Waals surface area contributed by atoms with Gasteiger partial charge in [0, 0.05) is 6.04 Å². The van der Waals surface area contributed by atoms with Gasteiger partial charge in [-0.05, 0) is 50.6 Å². The van der Waals surface area contributed by atoms with Crippen LogP contribution in [-0.4, -0.2) is 24.5 Å². The maximum atomic E-state index is 2.62. The average molecular weight is 211 g/mol. The van der Waals surface area contributed by atoms with Crippen molar-refractivity contribution in [3.05, 3.63) is 0 Å². The van der Waals surface area contributed by atoms with Gasteiger partial charge in [-0.3, -0.25) is 0 Å². The number of unbranched alkanes of at least 4 members (excludes halogenated alkanes) is 1. The Bertz CT molecular complexity index is 166. The Hall–Kier alpha value is -0.0400. The first-order valence-electron chi connectivity index (χ1n) is 6.76. The van der Waals surface area contributed by atoms with Crippen LogP contribution in [0.2, 0.25) is 0 Å². The van der Waals surface area contributed by atoms with Crippen molar-refractivity contribution in [2.75, 3.05) is 13.6 Å². The van der Waals surface area contributed by atoms with Gasteiger partial charge in [-0.25, -0.2) is 0 Å². The largest absolute Gasteiger partial charge is 0.303 e. The molecule has 0 radical (unpaired) electrons. The fourth-order valence-electron chi connectivity index (χ4n) is 3.63. The lowest BCUT2D eigenvalue weighted by molar-refractivity contribution is 0.0677. The van der Waals surface area contributed by atoms with Crippen LogP contribution in [0.3, 0.4) is 0 Å². The Morgan fingerprint density at radius 2 is 1.60 bits per heavy atom. The fraction of sp³-hybridized carbons (Fsp3) is 1.00. The third kappa shape index (κ3) is 3.48. The van der Waals surface area contributed by atoms with Gasteiger partial charge in [0.2, 0.25) is 0 Å². The molecule has 2 unspecified atom stereocenters. The van der Waals surface area contributed by atoms with Gasteiger partial charge >= 0.3 is 0 Å². The van der Waals surface area contributed by atoms with E-state index in [9.17, 15) is 0 Å². The Kier molecular flexibility index (Phi) is 5.11. The van der Waals surface area contributed by atoms with Crippen LogP contribution in [0.4, 0.5) is 0 Å². The molecular formula is C14H29N. The number of rotatable bonds is 4. The van der Waals surface area contributed by atoms with Crippen molar-refractivity contribution in [3.63, 3.8) is 0 Å². The van der Waals surface area contributed by atoms with E-state index in [1.807, 2.05) is 0 Å². The molecule has 15 heavy (non-hydrogen) atoms. The third-order valence-corrected chi connectivity index (χ3v) is 4.09. The van der Waals surface area contributed by atoms with E-state index in [0.29, 0.717) is 0 Å². The van der Waals surface area contributed by atoms with E-state index in [4.69, 9.17) is 0 Å². The van der Waals surface area contributed by atoms with Crippen LogP contribution in [-0.2, 0) is 0 Å². The lowest BCUT2D eigenvalue weighted by Gasteiger charge is -2.43. The Morgan fingerprint density at radius 1 is 1.07 bits per heavy atom. The molecule has 1 heteroatoms. The fourth-order valence-corrected chi connectivity index (χ4v) is 3.63. The van der Waals surface area contributed by atoms with Gasteiger partial charge in [0.1, 0.15) is 0 Å². The first-order chi connectivity index (χ1) is 7.06. The molecule has 0 bridgehead atoms. The molecule has 0 aromatic heterocycles. The summed E-state index contributed by atoms with van der Waals surface area (Å²) in [5.41, 5.74) is 0. The maximum Gasteiger partial charge on any atom is 0.0144 e. The van der Waals surface area contributed by atoms with Crippen molar-refractivity contribution < 1.29 is 0 Å². The summed E-state index contributed by atoms with van der Waals surface area (Å²) in [6, 6.07) is 0.827. The molecular weight excluding hydrogens is 182 g/mol. The van der Waals surface area contributed by atoms with Gasteiger partial charge in [0.15, 0.2) is 0 Å². The first-order valence-corrected chi connectivity index (χ1v) is 6.76. The lowest BCUT2D eigenvalue weighted by atomic mass is 9.73. The smallest absolute Gasteiger partial charge is 0.0144 e. The molecule has 0 aromatic carbocycles. The van der Waals surface area contributed by atoms with E-state index in [2.05, 4.69) is 39.6 Å². The predicted molar refractivity (Wildman–Crippen MR) is 68.1 cm³/mol. The summed E-state index contributed by atoms with van der Waals surface area (Å²) in [6.45, 7) is 10.9. The molecule has 1 aliphatic rings. The van der Waals surface area contributed by atoms with Gasteiger partial charge < -0.3 is 4.90 Å². The van der Waals surface area contributed by atoms with Crippen molar-refractivity contribution in [2.45, 2.75) is 59.4 Å². The summed E-state index contributed by atoms with van der Waals surface area (Å²) in [4.78, 5) is 2.62. The summed E-state index contributed by atoms with van der Waals surface area (Å²) < 4.78 is 0. The second-order valence-corrected chi connectivity index (χ2v) is 5.86. The Labute approximate surface area is 96.2 Å². The number of nitrogens with zero attached hydrogens (tertiary/aromatic N) is 1. The van der Waals surface area contributed by atoms with Gasteiger partial charge in [0.25, 0.3) is 0 Å². The molecule has 1 saturated carbocycles. The van der Waals surface area contributed by atoms with Crippen molar-refractivity contribution in [1.82, 2.24) is 4.90 Å². The van der Waals surface area contributed by atoms with E-state index in [0.717, 1.165) is 23.8 Å². The minimum absolute atomic E-state index is 0.827. The summed E-state index contributed by atoms with van der Waals surface area (Å²) in [6.07, 6.45) is 5.51. The quantitative estimate of drug-likeness (QED) is 0.684. The van der Waals surface area contributed by atoms with Gasteiger partial charge in [-0.2, -0.15) is 0 Å². The summed E-state index contributed by atoms with van der Waals surface area (Å²) in [5.74, 6) is 2.70. The molecule has 90 valence electrons. The summed E-state index contributed by atoms with van der Waals surface area (Å²) in [7, 11) is 2.32. The molecule has 0 saturated heterocycles. The molecule has 1 aliphatic carbocycles. The van der Waals surface area contributed by atoms with E-state index < -0.39 is 0 Å². The van der Waals surface area contributed by atoms with Crippen molar-refractivity contribution in [3.8, 4) is 0 Å². The maximum absolute atomic E-state index is 2.62. The second-order valence-electron chi connectivity index (χ2n) is 5.86. The molecule has 1 nitrogen and oxygen atoms in total. The molecule has 0 N–H and O–H groups in total. The van der Waals surface area contributed by atoms with Crippen LogP contribution in [0.25, 0.3) is 0 Å². The molecule has 1 rings (SSSR count). The minimum atomic E-state index is 0.827. The zero-order valence-corrected chi connectivity index (χ0v) is 11.3. The summed E-state index contributed by atoms with van der Waals surface area (Å²) >= 11 is 0. The molecule has 0 spiro atoms. The standard InChI is InChI=1S/C14H29N/c1-6-7-8-15(5)14-12(3)9-11(2)10-13(14)4/h11-14H,6-10H2,1-5H3. The topological polar surface area (TPSA) is 3.24 Å². The van der Waals surface area contributed by atoms with Gasteiger partial charge in [0.05, 0.1) is 0 Å². The zero-order chi connectivity index (χ0) is 11.4. The predicted octanol–water partition coefficient (Wildman–Crippen LogP) is 3.79. The highest BCUT2D eigenvalue weighted by Gasteiger charge is 2.33. The molecule has 0 aromatic rings. The molecule has 0 heterocycles.